The van der Waals surface area contributed by atoms with Crippen LogP contribution in [-0.2, 0) is 14.3 Å². The first-order chi connectivity index (χ1) is 16.8. The number of nitrogens with zero attached hydrogens (tertiary/aromatic N) is 3. The van der Waals surface area contributed by atoms with Crippen molar-refractivity contribution in [2.75, 3.05) is 31.6 Å². The van der Waals surface area contributed by atoms with Gasteiger partial charge in [0.25, 0.3) is 5.91 Å². The molecule has 11 heteroatoms. The number of nitrogens with one attached hydrogen (secondary N) is 1. The number of carbonyl (C=O) groups excluding carboxylic acids is 2. The van der Waals surface area contributed by atoms with Crippen LogP contribution in [0.1, 0.15) is 34.5 Å². The number of hydrogen-bond acceptors (Lipinski definition) is 8. The Bertz CT molecular complexity index is 1250. The molecule has 1 fully saturated rings. The summed E-state index contributed by atoms with van der Waals surface area (Å²) in [5.74, 6) is -1.90. The number of benzene rings is 2. The number of aromatic nitrogens is 2. The standard InChI is InChI=1S/C24H22N4O7/c1-24(34-11-19(29)30)12-28(13-24)22(31)20-21(27-35-26-20)25-23(32)33-10-18-16-8-4-2-6-14(16)15-7-3-5-9-17(15)18/h2-9,18H,10-13H2,1H3,(H,29,30)(H,25,27,32). The molecule has 2 aliphatic rings. The molecular weight excluding hydrogens is 456 g/mol. The highest BCUT2D eigenvalue weighted by Crippen LogP contribution is 2.44. The van der Waals surface area contributed by atoms with Gasteiger partial charge in [-0.15, -0.1) is 0 Å². The van der Waals surface area contributed by atoms with Crippen LogP contribution in [0.15, 0.2) is 53.2 Å². The van der Waals surface area contributed by atoms with E-state index in [1.54, 1.807) is 6.92 Å². The highest BCUT2D eigenvalue weighted by atomic mass is 16.6. The van der Waals surface area contributed by atoms with E-state index in [0.717, 1.165) is 22.3 Å². The average Bonchev–Trinajstić information content (AvgIpc) is 3.41. The van der Waals surface area contributed by atoms with Gasteiger partial charge in [-0.1, -0.05) is 48.5 Å². The Morgan fingerprint density at radius 3 is 2.34 bits per heavy atom. The number of rotatable bonds is 7. The van der Waals surface area contributed by atoms with E-state index in [9.17, 15) is 14.4 Å². The maximum Gasteiger partial charge on any atom is 0.412 e. The smallest absolute Gasteiger partial charge is 0.412 e. The molecule has 2 N–H and O–H groups in total. The van der Waals surface area contributed by atoms with Crippen molar-refractivity contribution in [3.63, 3.8) is 0 Å². The molecule has 2 amide bonds. The molecule has 0 radical (unpaired) electrons. The zero-order chi connectivity index (χ0) is 24.6. The van der Waals surface area contributed by atoms with Crippen molar-refractivity contribution in [2.24, 2.45) is 0 Å². The number of likely N-dealkylation sites (tertiary alicyclic amines) is 1. The minimum atomic E-state index is -1.09. The topological polar surface area (TPSA) is 144 Å². The molecule has 3 aromatic rings. The normalized spacial score (nSPS) is 15.6. The number of fused-ring (bicyclic) bond motifs is 3. The molecule has 11 nitrogen and oxygen atoms in total. The van der Waals surface area contributed by atoms with Gasteiger partial charge in [-0.2, -0.15) is 0 Å². The van der Waals surface area contributed by atoms with Gasteiger partial charge in [0.15, 0.2) is 0 Å². The summed E-state index contributed by atoms with van der Waals surface area (Å²) in [6.07, 6.45) is -0.796. The van der Waals surface area contributed by atoms with Gasteiger partial charge in [-0.25, -0.2) is 14.2 Å². The van der Waals surface area contributed by atoms with Gasteiger partial charge >= 0.3 is 12.1 Å². The highest BCUT2D eigenvalue weighted by molar-refractivity contribution is 6.00. The molecule has 1 aliphatic heterocycles. The average molecular weight is 478 g/mol. The summed E-state index contributed by atoms with van der Waals surface area (Å²) in [6.45, 7) is 1.67. The van der Waals surface area contributed by atoms with E-state index >= 15 is 0 Å². The summed E-state index contributed by atoms with van der Waals surface area (Å²) >= 11 is 0. The lowest BCUT2D eigenvalue weighted by Gasteiger charge is -2.46. The number of hydrogen-bond donors (Lipinski definition) is 2. The number of carbonyl (C=O) groups is 3. The number of amides is 2. The first kappa shape index (κ1) is 22.5. The molecule has 2 heterocycles. The molecule has 0 atom stereocenters. The minimum Gasteiger partial charge on any atom is -0.480 e. The zero-order valence-electron chi connectivity index (χ0n) is 18.8. The SMILES string of the molecule is CC1(OCC(=O)O)CN(C(=O)c2nonc2NC(=O)OCC2c3ccccc3-c3ccccc32)C1. The number of ether oxygens (including phenoxy) is 2. The second-order valence-electron chi connectivity index (χ2n) is 8.71. The van der Waals surface area contributed by atoms with Gasteiger partial charge in [-0.3, -0.25) is 10.1 Å². The van der Waals surface area contributed by atoms with Crippen LogP contribution < -0.4 is 5.32 Å². The molecule has 5 rings (SSSR count). The lowest BCUT2D eigenvalue weighted by Crippen LogP contribution is -2.63. The number of anilines is 1. The fourth-order valence-electron chi connectivity index (χ4n) is 4.52. The zero-order valence-corrected chi connectivity index (χ0v) is 18.8. The number of carboxylic acid groups (broad SMARTS) is 1. The highest BCUT2D eigenvalue weighted by Gasteiger charge is 2.44. The Morgan fingerprint density at radius 1 is 1.09 bits per heavy atom. The van der Waals surface area contributed by atoms with Gasteiger partial charge in [0, 0.05) is 5.92 Å². The molecular formula is C24H22N4O7. The maximum atomic E-state index is 12.8. The molecule has 1 aliphatic carbocycles. The Balaban J connectivity index is 1.20. The van der Waals surface area contributed by atoms with E-state index in [4.69, 9.17) is 14.6 Å². The summed E-state index contributed by atoms with van der Waals surface area (Å²) < 4.78 is 15.4. The van der Waals surface area contributed by atoms with Crippen LogP contribution in [0.2, 0.25) is 0 Å². The van der Waals surface area contributed by atoms with Crippen molar-refractivity contribution < 1.29 is 33.6 Å². The predicted molar refractivity (Wildman–Crippen MR) is 121 cm³/mol. The molecule has 0 bridgehead atoms. The third-order valence-electron chi connectivity index (χ3n) is 6.14. The van der Waals surface area contributed by atoms with Crippen molar-refractivity contribution in [1.29, 1.82) is 0 Å². The van der Waals surface area contributed by atoms with Gasteiger partial charge in [0.1, 0.15) is 18.8 Å². The second-order valence-corrected chi connectivity index (χ2v) is 8.71. The molecule has 35 heavy (non-hydrogen) atoms. The van der Waals surface area contributed by atoms with Crippen LogP contribution >= 0.6 is 0 Å². The lowest BCUT2D eigenvalue weighted by molar-refractivity contribution is -0.160. The molecule has 0 spiro atoms. The van der Waals surface area contributed by atoms with Gasteiger partial charge in [-0.05, 0) is 39.5 Å². The summed E-state index contributed by atoms with van der Waals surface area (Å²) in [5, 5.41) is 18.4. The molecule has 2 aromatic carbocycles. The van der Waals surface area contributed by atoms with Crippen LogP contribution in [0.3, 0.4) is 0 Å². The minimum absolute atomic E-state index is 0.0970. The van der Waals surface area contributed by atoms with Crippen molar-refractivity contribution in [3.8, 4) is 11.1 Å². The van der Waals surface area contributed by atoms with Gasteiger partial charge in [0.05, 0.1) is 13.1 Å². The maximum absolute atomic E-state index is 12.8. The number of carboxylic acids is 1. The van der Waals surface area contributed by atoms with E-state index < -0.39 is 30.2 Å². The van der Waals surface area contributed by atoms with Crippen molar-refractivity contribution in [3.05, 3.63) is 65.4 Å². The fourth-order valence-corrected chi connectivity index (χ4v) is 4.52. The third-order valence-corrected chi connectivity index (χ3v) is 6.14. The van der Waals surface area contributed by atoms with Crippen molar-refractivity contribution in [2.45, 2.75) is 18.4 Å². The molecule has 0 saturated carbocycles. The van der Waals surface area contributed by atoms with E-state index in [1.165, 1.54) is 4.90 Å². The predicted octanol–water partition coefficient (Wildman–Crippen LogP) is 2.75. The first-order valence-corrected chi connectivity index (χ1v) is 10.9. The third kappa shape index (κ3) is 4.33. The van der Waals surface area contributed by atoms with Crippen LogP contribution in [0.4, 0.5) is 10.6 Å². The Kier molecular flexibility index (Phi) is 5.69. The van der Waals surface area contributed by atoms with Gasteiger partial charge < -0.3 is 19.5 Å². The molecule has 0 unspecified atom stereocenters. The van der Waals surface area contributed by atoms with Crippen LogP contribution in [0, 0.1) is 0 Å². The van der Waals surface area contributed by atoms with Crippen LogP contribution in [-0.4, -0.2) is 70.2 Å². The Labute approximate surface area is 199 Å². The second kappa shape index (κ2) is 8.84. The quantitative estimate of drug-likeness (QED) is 0.524. The summed E-state index contributed by atoms with van der Waals surface area (Å²) in [5.41, 5.74) is 3.42. The van der Waals surface area contributed by atoms with Crippen molar-refractivity contribution in [1.82, 2.24) is 15.2 Å². The summed E-state index contributed by atoms with van der Waals surface area (Å²) in [4.78, 5) is 37.4. The van der Waals surface area contributed by atoms with Gasteiger partial charge in [0.2, 0.25) is 11.5 Å². The summed E-state index contributed by atoms with van der Waals surface area (Å²) in [6, 6.07) is 16.0. The first-order valence-electron chi connectivity index (χ1n) is 10.9. The molecule has 1 aromatic heterocycles. The van der Waals surface area contributed by atoms with E-state index in [0.29, 0.717) is 0 Å². The Morgan fingerprint density at radius 2 is 1.71 bits per heavy atom. The lowest BCUT2D eigenvalue weighted by atomic mass is 9.96. The fraction of sp³-hybridized carbons (Fsp3) is 0.292. The summed E-state index contributed by atoms with van der Waals surface area (Å²) in [7, 11) is 0. The monoisotopic (exact) mass is 478 g/mol. The number of aliphatic carboxylic acids is 1. The van der Waals surface area contributed by atoms with Crippen LogP contribution in [0.25, 0.3) is 11.1 Å². The van der Waals surface area contributed by atoms with E-state index in [1.807, 2.05) is 48.5 Å². The van der Waals surface area contributed by atoms with Crippen LogP contribution in [0.5, 0.6) is 0 Å². The largest absolute Gasteiger partial charge is 0.480 e. The molecule has 180 valence electrons. The van der Waals surface area contributed by atoms with Crippen molar-refractivity contribution >= 4 is 23.8 Å². The molecule has 1 saturated heterocycles. The van der Waals surface area contributed by atoms with E-state index in [2.05, 4.69) is 20.3 Å². The van der Waals surface area contributed by atoms with E-state index in [-0.39, 0.29) is 37.1 Å². The Hall–Kier alpha value is -4.25.